The monoisotopic (exact) mass is 289 g/mol. The number of aliphatic hydroxyl groups excluding tert-OH is 1. The third kappa shape index (κ3) is 3.83. The minimum Gasteiger partial charge on any atom is -0.481 e. The first-order valence-electron chi connectivity index (χ1n) is 6.51. The first-order chi connectivity index (χ1) is 9.13. The van der Waals surface area contributed by atoms with E-state index in [9.17, 15) is 19.8 Å². The highest BCUT2D eigenvalue weighted by atomic mass is 16.6. The molecule has 1 saturated carbocycles. The Bertz CT molecular complexity index is 370. The van der Waals surface area contributed by atoms with Crippen molar-refractivity contribution in [3.63, 3.8) is 0 Å². The van der Waals surface area contributed by atoms with Crippen LogP contribution in [-0.2, 0) is 14.3 Å². The lowest BCUT2D eigenvalue weighted by Gasteiger charge is -2.49. The molecule has 1 amide bonds. The maximum absolute atomic E-state index is 11.9. The highest BCUT2D eigenvalue weighted by Gasteiger charge is 2.54. The van der Waals surface area contributed by atoms with Crippen molar-refractivity contribution >= 4 is 12.1 Å². The normalized spacial score (nSPS) is 27.4. The molecule has 1 unspecified atom stereocenters. The quantitative estimate of drug-likeness (QED) is 0.690. The number of methoxy groups -OCH3 is 1. The van der Waals surface area contributed by atoms with Crippen molar-refractivity contribution in [2.24, 2.45) is 5.92 Å². The topological polar surface area (TPSA) is 105 Å². The Hall–Kier alpha value is -1.34. The van der Waals surface area contributed by atoms with Crippen molar-refractivity contribution < 1.29 is 29.3 Å². The van der Waals surface area contributed by atoms with E-state index < -0.39 is 35.7 Å². The number of ether oxygens (including phenoxy) is 2. The zero-order valence-electron chi connectivity index (χ0n) is 12.3. The van der Waals surface area contributed by atoms with Crippen LogP contribution in [0.5, 0.6) is 0 Å². The van der Waals surface area contributed by atoms with E-state index in [4.69, 9.17) is 9.47 Å². The van der Waals surface area contributed by atoms with Crippen LogP contribution in [0.1, 0.15) is 33.6 Å². The highest BCUT2D eigenvalue weighted by molar-refractivity contribution is 5.75. The summed E-state index contributed by atoms with van der Waals surface area (Å²) in [5.41, 5.74) is -1.70. The van der Waals surface area contributed by atoms with Crippen LogP contribution in [0, 0.1) is 5.92 Å². The van der Waals surface area contributed by atoms with Crippen molar-refractivity contribution in [1.82, 2.24) is 5.32 Å². The molecule has 1 rings (SSSR count). The summed E-state index contributed by atoms with van der Waals surface area (Å²) in [6.07, 6.45) is -0.148. The van der Waals surface area contributed by atoms with Crippen LogP contribution in [0.3, 0.4) is 0 Å². The fourth-order valence-electron chi connectivity index (χ4n) is 2.39. The summed E-state index contributed by atoms with van der Waals surface area (Å²) in [5.74, 6) is -2.24. The van der Waals surface area contributed by atoms with Crippen molar-refractivity contribution in [2.45, 2.75) is 50.9 Å². The van der Waals surface area contributed by atoms with Gasteiger partial charge in [0.1, 0.15) is 11.5 Å². The lowest BCUT2D eigenvalue weighted by molar-refractivity contribution is -0.153. The number of carbonyl (C=O) groups is 2. The Morgan fingerprint density at radius 1 is 1.40 bits per heavy atom. The van der Waals surface area contributed by atoms with Crippen LogP contribution in [0.2, 0.25) is 0 Å². The van der Waals surface area contributed by atoms with Gasteiger partial charge < -0.3 is 25.0 Å². The van der Waals surface area contributed by atoms with Gasteiger partial charge in [-0.1, -0.05) is 0 Å². The second kappa shape index (κ2) is 5.97. The van der Waals surface area contributed by atoms with E-state index in [1.807, 2.05) is 0 Å². The van der Waals surface area contributed by atoms with E-state index in [0.29, 0.717) is 12.8 Å². The third-order valence-electron chi connectivity index (χ3n) is 3.41. The summed E-state index contributed by atoms with van der Waals surface area (Å²) in [5, 5.41) is 21.1. The van der Waals surface area contributed by atoms with Crippen LogP contribution < -0.4 is 5.32 Å². The smallest absolute Gasteiger partial charge is 0.408 e. The first kappa shape index (κ1) is 16.7. The summed E-state index contributed by atoms with van der Waals surface area (Å²) in [6.45, 7) is 4.61. The summed E-state index contributed by atoms with van der Waals surface area (Å²) in [6, 6.07) is 0. The molecule has 3 N–H and O–H groups in total. The van der Waals surface area contributed by atoms with E-state index in [0.717, 1.165) is 0 Å². The zero-order valence-corrected chi connectivity index (χ0v) is 12.3. The molecule has 7 nitrogen and oxygen atoms in total. The summed E-state index contributed by atoms with van der Waals surface area (Å²) < 4.78 is 10.3. The van der Waals surface area contributed by atoms with Gasteiger partial charge in [0.2, 0.25) is 0 Å². The minimum absolute atomic E-state index is 0.127. The minimum atomic E-state index is -1.15. The van der Waals surface area contributed by atoms with E-state index in [-0.39, 0.29) is 6.10 Å². The SMILES string of the molecule is COC1CC(NC(=O)OC(C)(C)C)(C(CO)C(=O)O)C1. The molecule has 0 spiro atoms. The Kier molecular flexibility index (Phi) is 4.99. The van der Waals surface area contributed by atoms with Gasteiger partial charge >= 0.3 is 12.1 Å². The Morgan fingerprint density at radius 2 is 1.95 bits per heavy atom. The van der Waals surface area contributed by atoms with Gasteiger partial charge in [-0.3, -0.25) is 4.79 Å². The predicted octanol–water partition coefficient (Wildman–Crippen LogP) is 0.752. The second-order valence-electron chi connectivity index (χ2n) is 6.12. The molecule has 20 heavy (non-hydrogen) atoms. The summed E-state index contributed by atoms with van der Waals surface area (Å²) in [7, 11) is 1.52. The third-order valence-corrected chi connectivity index (χ3v) is 3.41. The Labute approximate surface area is 118 Å². The summed E-state index contributed by atoms with van der Waals surface area (Å²) in [4.78, 5) is 23.1. The second-order valence-corrected chi connectivity index (χ2v) is 6.12. The standard InChI is InChI=1S/C13H23NO6/c1-12(2,3)20-11(18)14-13(5-8(6-13)19-4)9(7-15)10(16)17/h8-9,15H,5-7H2,1-4H3,(H,14,18)(H,16,17). The number of nitrogens with one attached hydrogen (secondary N) is 1. The number of carboxylic acids is 1. The molecule has 0 aromatic carbocycles. The first-order valence-corrected chi connectivity index (χ1v) is 6.51. The number of carboxylic acid groups (broad SMARTS) is 1. The molecule has 0 bridgehead atoms. The van der Waals surface area contributed by atoms with Gasteiger partial charge in [0.25, 0.3) is 0 Å². The van der Waals surface area contributed by atoms with Gasteiger partial charge in [-0.15, -0.1) is 0 Å². The number of alkyl carbamates (subject to hydrolysis) is 1. The van der Waals surface area contributed by atoms with E-state index >= 15 is 0 Å². The number of aliphatic hydroxyl groups is 1. The molecule has 0 radical (unpaired) electrons. The molecule has 1 atom stereocenters. The van der Waals surface area contributed by atoms with Crippen molar-refractivity contribution in [2.75, 3.05) is 13.7 Å². The maximum Gasteiger partial charge on any atom is 0.408 e. The van der Waals surface area contributed by atoms with Gasteiger partial charge in [-0.05, 0) is 33.6 Å². The Balaban J connectivity index is 2.80. The van der Waals surface area contributed by atoms with Crippen molar-refractivity contribution in [3.05, 3.63) is 0 Å². The summed E-state index contributed by atoms with van der Waals surface area (Å²) >= 11 is 0. The fraction of sp³-hybridized carbons (Fsp3) is 0.846. The molecule has 1 aliphatic rings. The maximum atomic E-state index is 11.9. The molecular weight excluding hydrogens is 266 g/mol. The van der Waals surface area contributed by atoms with E-state index in [1.54, 1.807) is 20.8 Å². The molecule has 0 aromatic heterocycles. The van der Waals surface area contributed by atoms with Gasteiger partial charge in [0, 0.05) is 7.11 Å². The molecule has 7 heteroatoms. The number of hydrogen-bond donors (Lipinski definition) is 3. The van der Waals surface area contributed by atoms with E-state index in [2.05, 4.69) is 5.32 Å². The number of amides is 1. The largest absolute Gasteiger partial charge is 0.481 e. The predicted molar refractivity (Wildman–Crippen MR) is 70.3 cm³/mol. The van der Waals surface area contributed by atoms with Gasteiger partial charge in [-0.2, -0.15) is 0 Å². The average molecular weight is 289 g/mol. The number of aliphatic carboxylic acids is 1. The molecular formula is C13H23NO6. The Morgan fingerprint density at radius 3 is 2.30 bits per heavy atom. The van der Waals surface area contributed by atoms with E-state index in [1.165, 1.54) is 7.11 Å². The van der Waals surface area contributed by atoms with Crippen LogP contribution >= 0.6 is 0 Å². The lowest BCUT2D eigenvalue weighted by atomic mass is 9.66. The van der Waals surface area contributed by atoms with Crippen LogP contribution in [-0.4, -0.2) is 53.2 Å². The molecule has 0 saturated heterocycles. The molecule has 116 valence electrons. The fourth-order valence-corrected chi connectivity index (χ4v) is 2.39. The number of carbonyl (C=O) groups excluding carboxylic acids is 1. The van der Waals surface area contributed by atoms with Crippen LogP contribution in [0.4, 0.5) is 4.79 Å². The number of rotatable bonds is 5. The molecule has 1 aliphatic carbocycles. The zero-order chi connectivity index (χ0) is 15.6. The van der Waals surface area contributed by atoms with Gasteiger partial charge in [0.15, 0.2) is 0 Å². The molecule has 0 heterocycles. The number of hydrogen-bond acceptors (Lipinski definition) is 5. The van der Waals surface area contributed by atoms with Gasteiger partial charge in [0.05, 0.1) is 18.2 Å². The highest BCUT2D eigenvalue weighted by Crippen LogP contribution is 2.40. The average Bonchev–Trinajstić information content (AvgIpc) is 2.21. The molecule has 0 aliphatic heterocycles. The van der Waals surface area contributed by atoms with Crippen molar-refractivity contribution in [3.8, 4) is 0 Å². The molecule has 1 fully saturated rings. The lowest BCUT2D eigenvalue weighted by Crippen LogP contribution is -2.66. The van der Waals surface area contributed by atoms with Gasteiger partial charge in [-0.25, -0.2) is 4.79 Å². The van der Waals surface area contributed by atoms with Crippen molar-refractivity contribution in [1.29, 1.82) is 0 Å². The molecule has 0 aromatic rings. The van der Waals surface area contributed by atoms with Crippen LogP contribution in [0.15, 0.2) is 0 Å². The van der Waals surface area contributed by atoms with Crippen LogP contribution in [0.25, 0.3) is 0 Å².